The van der Waals surface area contributed by atoms with Crippen LogP contribution in [-0.2, 0) is 4.79 Å². The summed E-state index contributed by atoms with van der Waals surface area (Å²) in [4.78, 5) is 33.0. The molecule has 2 rings (SSSR count). The number of amides is 1. The van der Waals surface area contributed by atoms with Gasteiger partial charge >= 0.3 is 5.97 Å². The minimum atomic E-state index is -0.867. The highest BCUT2D eigenvalue weighted by atomic mass is 35.5. The van der Waals surface area contributed by atoms with E-state index in [1.165, 1.54) is 12.1 Å². The largest absolute Gasteiger partial charge is 0.481 e. The molecule has 1 aromatic carbocycles. The number of hydrogen-bond acceptors (Lipinski definition) is 4. The summed E-state index contributed by atoms with van der Waals surface area (Å²) in [5, 5.41) is 22.4. The highest BCUT2D eigenvalue weighted by Crippen LogP contribution is 2.27. The number of carboxylic acids is 1. The van der Waals surface area contributed by atoms with Gasteiger partial charge in [0, 0.05) is 17.7 Å². The van der Waals surface area contributed by atoms with Crippen molar-refractivity contribution in [2.24, 2.45) is 5.92 Å². The maximum absolute atomic E-state index is 12.0. The Balaban J connectivity index is 2.06. The highest BCUT2D eigenvalue weighted by Gasteiger charge is 2.30. The van der Waals surface area contributed by atoms with Gasteiger partial charge in [0.15, 0.2) is 0 Å². The maximum Gasteiger partial charge on any atom is 0.306 e. The summed E-state index contributed by atoms with van der Waals surface area (Å²) in [6, 6.07) is 3.58. The van der Waals surface area contributed by atoms with Gasteiger partial charge in [0.1, 0.15) is 5.02 Å². The lowest BCUT2D eigenvalue weighted by Gasteiger charge is -2.12. The number of halogens is 1. The predicted molar refractivity (Wildman–Crippen MR) is 74.3 cm³/mol. The average molecular weight is 313 g/mol. The first-order valence-corrected chi connectivity index (χ1v) is 6.74. The standard InChI is InChI=1S/C13H13ClN2O5/c14-10-4-2-7(6-11(10)16(20)21)12(17)15-9-3-1-8(5-9)13(18)19/h2,4,6,8-9H,1,3,5H2,(H,15,17)(H,18,19)/t8-,9+/m1/s1. The molecule has 112 valence electrons. The number of nitro benzene ring substituents is 1. The Labute approximate surface area is 125 Å². The van der Waals surface area contributed by atoms with Crippen molar-refractivity contribution in [3.05, 3.63) is 38.9 Å². The molecule has 1 aliphatic rings. The molecule has 0 aliphatic heterocycles. The van der Waals surface area contributed by atoms with Crippen molar-refractivity contribution >= 4 is 29.2 Å². The quantitative estimate of drug-likeness (QED) is 0.654. The van der Waals surface area contributed by atoms with Crippen molar-refractivity contribution in [3.63, 3.8) is 0 Å². The molecule has 1 aliphatic carbocycles. The van der Waals surface area contributed by atoms with Gasteiger partial charge in [-0.15, -0.1) is 0 Å². The molecular weight excluding hydrogens is 300 g/mol. The van der Waals surface area contributed by atoms with Crippen molar-refractivity contribution in [3.8, 4) is 0 Å². The van der Waals surface area contributed by atoms with E-state index in [9.17, 15) is 19.7 Å². The van der Waals surface area contributed by atoms with Gasteiger partial charge in [0.2, 0.25) is 0 Å². The molecule has 0 radical (unpaired) electrons. The number of nitro groups is 1. The van der Waals surface area contributed by atoms with E-state index in [1.807, 2.05) is 0 Å². The molecule has 0 spiro atoms. The Morgan fingerprint density at radius 2 is 2.10 bits per heavy atom. The number of carbonyl (C=O) groups excluding carboxylic acids is 1. The molecule has 0 saturated heterocycles. The molecule has 21 heavy (non-hydrogen) atoms. The predicted octanol–water partition coefficient (Wildman–Crippen LogP) is 2.23. The van der Waals surface area contributed by atoms with Crippen LogP contribution in [-0.4, -0.2) is 27.9 Å². The molecule has 2 atom stereocenters. The summed E-state index contributed by atoms with van der Waals surface area (Å²) in [5.41, 5.74) is -0.205. The molecule has 1 saturated carbocycles. The van der Waals surface area contributed by atoms with Crippen LogP contribution in [0.5, 0.6) is 0 Å². The van der Waals surface area contributed by atoms with E-state index < -0.39 is 22.7 Å². The van der Waals surface area contributed by atoms with E-state index in [4.69, 9.17) is 16.7 Å². The van der Waals surface area contributed by atoms with Gasteiger partial charge in [-0.25, -0.2) is 0 Å². The van der Waals surface area contributed by atoms with Gasteiger partial charge < -0.3 is 10.4 Å². The summed E-state index contributed by atoms with van der Waals surface area (Å²) < 4.78 is 0. The summed E-state index contributed by atoms with van der Waals surface area (Å²) in [5.74, 6) is -1.78. The monoisotopic (exact) mass is 312 g/mol. The van der Waals surface area contributed by atoms with Gasteiger partial charge in [0.05, 0.1) is 10.8 Å². The Bertz CT molecular complexity index is 604. The summed E-state index contributed by atoms with van der Waals surface area (Å²) in [6.07, 6.45) is 1.47. The minimum absolute atomic E-state index is 0.0386. The normalized spacial score (nSPS) is 21.0. The van der Waals surface area contributed by atoms with Gasteiger partial charge in [-0.3, -0.25) is 19.7 Å². The van der Waals surface area contributed by atoms with E-state index in [2.05, 4.69) is 5.32 Å². The summed E-state index contributed by atoms with van der Waals surface area (Å²) in [7, 11) is 0. The van der Waals surface area contributed by atoms with Crippen LogP contribution in [0.1, 0.15) is 29.6 Å². The number of nitrogens with one attached hydrogen (secondary N) is 1. The Kier molecular flexibility index (Phi) is 4.42. The molecule has 2 N–H and O–H groups in total. The Hall–Kier alpha value is -2.15. The topological polar surface area (TPSA) is 110 Å². The average Bonchev–Trinajstić information content (AvgIpc) is 2.87. The molecule has 1 amide bonds. The van der Waals surface area contributed by atoms with E-state index in [0.717, 1.165) is 6.07 Å². The van der Waals surface area contributed by atoms with Crippen LogP contribution in [0, 0.1) is 16.0 Å². The van der Waals surface area contributed by atoms with Crippen molar-refractivity contribution in [2.75, 3.05) is 0 Å². The maximum atomic E-state index is 12.0. The van der Waals surface area contributed by atoms with Crippen LogP contribution < -0.4 is 5.32 Å². The second-order valence-corrected chi connectivity index (χ2v) is 5.35. The van der Waals surface area contributed by atoms with Gasteiger partial charge in [-0.1, -0.05) is 11.6 Å². The van der Waals surface area contributed by atoms with Crippen LogP contribution in [0.15, 0.2) is 18.2 Å². The number of nitrogens with zero attached hydrogens (tertiary/aromatic N) is 1. The Morgan fingerprint density at radius 1 is 1.38 bits per heavy atom. The van der Waals surface area contributed by atoms with Crippen LogP contribution >= 0.6 is 11.6 Å². The lowest BCUT2D eigenvalue weighted by atomic mass is 10.1. The van der Waals surface area contributed by atoms with Crippen molar-refractivity contribution in [2.45, 2.75) is 25.3 Å². The SMILES string of the molecule is O=C(N[C@H]1CC[C@@H](C(=O)O)C1)c1ccc(Cl)c([N+](=O)[O-])c1. The molecule has 1 aromatic rings. The zero-order valence-electron chi connectivity index (χ0n) is 10.9. The van der Waals surface area contributed by atoms with E-state index in [-0.39, 0.29) is 22.3 Å². The molecule has 0 aromatic heterocycles. The molecule has 7 nitrogen and oxygen atoms in total. The Morgan fingerprint density at radius 3 is 2.67 bits per heavy atom. The lowest BCUT2D eigenvalue weighted by Crippen LogP contribution is -2.33. The smallest absolute Gasteiger partial charge is 0.306 e. The van der Waals surface area contributed by atoms with Crippen LogP contribution in [0.25, 0.3) is 0 Å². The summed E-state index contributed by atoms with van der Waals surface area (Å²) >= 11 is 5.68. The van der Waals surface area contributed by atoms with Crippen molar-refractivity contribution in [1.82, 2.24) is 5.32 Å². The van der Waals surface area contributed by atoms with E-state index in [0.29, 0.717) is 19.3 Å². The summed E-state index contributed by atoms with van der Waals surface area (Å²) in [6.45, 7) is 0. The number of benzene rings is 1. The van der Waals surface area contributed by atoms with E-state index in [1.54, 1.807) is 0 Å². The zero-order chi connectivity index (χ0) is 15.6. The lowest BCUT2D eigenvalue weighted by molar-refractivity contribution is -0.384. The fraction of sp³-hybridized carbons (Fsp3) is 0.385. The molecule has 0 unspecified atom stereocenters. The van der Waals surface area contributed by atoms with Crippen LogP contribution in [0.2, 0.25) is 5.02 Å². The minimum Gasteiger partial charge on any atom is -0.481 e. The number of rotatable bonds is 4. The zero-order valence-corrected chi connectivity index (χ0v) is 11.7. The van der Waals surface area contributed by atoms with Gasteiger partial charge in [-0.2, -0.15) is 0 Å². The third kappa shape index (κ3) is 3.49. The number of carboxylic acid groups (broad SMARTS) is 1. The fourth-order valence-corrected chi connectivity index (χ4v) is 2.59. The molecule has 8 heteroatoms. The van der Waals surface area contributed by atoms with E-state index >= 15 is 0 Å². The second-order valence-electron chi connectivity index (χ2n) is 4.94. The molecule has 1 fully saturated rings. The number of carbonyl (C=O) groups is 2. The fourth-order valence-electron chi connectivity index (χ4n) is 2.40. The first kappa shape index (κ1) is 15.2. The molecular formula is C13H13ClN2O5. The number of aliphatic carboxylic acids is 1. The number of hydrogen-bond donors (Lipinski definition) is 2. The second kappa shape index (κ2) is 6.09. The molecule has 0 heterocycles. The highest BCUT2D eigenvalue weighted by molar-refractivity contribution is 6.32. The first-order chi connectivity index (χ1) is 9.88. The first-order valence-electron chi connectivity index (χ1n) is 6.36. The van der Waals surface area contributed by atoms with Crippen molar-refractivity contribution in [1.29, 1.82) is 0 Å². The molecule has 0 bridgehead atoms. The third-order valence-electron chi connectivity index (χ3n) is 3.52. The van der Waals surface area contributed by atoms with Gasteiger partial charge in [0.25, 0.3) is 11.6 Å². The van der Waals surface area contributed by atoms with Gasteiger partial charge in [-0.05, 0) is 31.4 Å². The third-order valence-corrected chi connectivity index (χ3v) is 3.84. The van der Waals surface area contributed by atoms with Crippen LogP contribution in [0.3, 0.4) is 0 Å². The van der Waals surface area contributed by atoms with Crippen LogP contribution in [0.4, 0.5) is 5.69 Å². The van der Waals surface area contributed by atoms with Crippen molar-refractivity contribution < 1.29 is 19.6 Å².